The Labute approximate surface area is 116 Å². The monoisotopic (exact) mass is 257 g/mol. The van der Waals surface area contributed by atoms with Crippen LogP contribution >= 0.6 is 0 Å². The average molecular weight is 257 g/mol. The van der Waals surface area contributed by atoms with Crippen LogP contribution in [0, 0.1) is 0 Å². The van der Waals surface area contributed by atoms with E-state index in [1.165, 1.54) is 37.2 Å². The second kappa shape index (κ2) is 7.13. The minimum atomic E-state index is 1.13. The van der Waals surface area contributed by atoms with Gasteiger partial charge in [-0.1, -0.05) is 44.9 Å². The predicted molar refractivity (Wildman–Crippen MR) is 79.5 cm³/mol. The summed E-state index contributed by atoms with van der Waals surface area (Å²) < 4.78 is 4.76. The Morgan fingerprint density at radius 3 is 2.42 bits per heavy atom. The number of hydrogen-bond acceptors (Lipinski definition) is 0. The van der Waals surface area contributed by atoms with E-state index in [0.29, 0.717) is 0 Å². The van der Waals surface area contributed by atoms with Crippen molar-refractivity contribution in [3.8, 4) is 5.69 Å². The number of nitrogens with zero attached hydrogens (tertiary/aromatic N) is 2. The van der Waals surface area contributed by atoms with Gasteiger partial charge in [-0.3, -0.25) is 0 Å². The second-order valence-electron chi connectivity index (χ2n) is 5.07. The third-order valence-corrected chi connectivity index (χ3v) is 3.55. The van der Waals surface area contributed by atoms with Crippen LogP contribution in [0.1, 0.15) is 45.4 Å². The first-order valence-corrected chi connectivity index (χ1v) is 7.52. The van der Waals surface area contributed by atoms with Gasteiger partial charge in [0.05, 0.1) is 6.54 Å². The third-order valence-electron chi connectivity index (χ3n) is 3.55. The van der Waals surface area contributed by atoms with Crippen molar-refractivity contribution >= 4 is 0 Å². The lowest BCUT2D eigenvalue weighted by Crippen LogP contribution is -2.37. The molecule has 2 nitrogen and oxygen atoms in total. The van der Waals surface area contributed by atoms with E-state index in [0.717, 1.165) is 13.0 Å². The molecule has 0 atom stereocenters. The molecule has 0 saturated heterocycles. The first kappa shape index (κ1) is 13.9. The zero-order valence-corrected chi connectivity index (χ0v) is 12.2. The summed E-state index contributed by atoms with van der Waals surface area (Å²) in [6, 6.07) is 10.6. The van der Waals surface area contributed by atoms with Crippen LogP contribution in [0.25, 0.3) is 5.69 Å². The molecule has 1 aromatic heterocycles. The van der Waals surface area contributed by atoms with Gasteiger partial charge in [-0.25, -0.2) is 4.57 Å². The van der Waals surface area contributed by atoms with E-state index in [4.69, 9.17) is 0 Å². The number of benzene rings is 1. The van der Waals surface area contributed by atoms with E-state index >= 15 is 0 Å². The number of imidazole rings is 1. The van der Waals surface area contributed by atoms with Crippen molar-refractivity contribution in [1.29, 1.82) is 0 Å². The van der Waals surface area contributed by atoms with Crippen LogP contribution in [0.4, 0.5) is 0 Å². The van der Waals surface area contributed by atoms with Crippen molar-refractivity contribution in [2.24, 2.45) is 0 Å². The van der Waals surface area contributed by atoms with E-state index in [9.17, 15) is 0 Å². The van der Waals surface area contributed by atoms with Crippen LogP contribution in [-0.2, 0) is 13.0 Å². The molecule has 0 bridgehead atoms. The van der Waals surface area contributed by atoms with Crippen LogP contribution in [0.5, 0.6) is 0 Å². The summed E-state index contributed by atoms with van der Waals surface area (Å²) in [4.78, 5) is 0. The molecule has 0 amide bonds. The summed E-state index contributed by atoms with van der Waals surface area (Å²) in [7, 11) is 0. The Morgan fingerprint density at radius 2 is 1.74 bits per heavy atom. The summed E-state index contributed by atoms with van der Waals surface area (Å²) >= 11 is 0. The smallest absolute Gasteiger partial charge is 0.234 e. The topological polar surface area (TPSA) is 8.81 Å². The molecule has 0 spiro atoms. The number of rotatable bonds is 7. The van der Waals surface area contributed by atoms with Crippen LogP contribution in [0.15, 0.2) is 42.7 Å². The number of aromatic nitrogens is 2. The molecule has 2 rings (SSSR count). The first-order chi connectivity index (χ1) is 9.36. The summed E-state index contributed by atoms with van der Waals surface area (Å²) in [6.45, 7) is 5.64. The van der Waals surface area contributed by atoms with Gasteiger partial charge in [0.2, 0.25) is 0 Å². The lowest BCUT2D eigenvalue weighted by molar-refractivity contribution is -0.703. The minimum absolute atomic E-state index is 1.13. The fourth-order valence-electron chi connectivity index (χ4n) is 2.41. The van der Waals surface area contributed by atoms with Crippen molar-refractivity contribution in [1.82, 2.24) is 4.57 Å². The Bertz CT molecular complexity index is 485. The highest BCUT2D eigenvalue weighted by Gasteiger charge is 2.17. The standard InChI is InChI=1S/C17H25N2/c1-3-5-12-17-18(13-6-4-2)14-15-19(17)16-10-8-7-9-11-16/h7-11,14-15H,3-6,12-13H2,1-2H3/q+1. The van der Waals surface area contributed by atoms with Gasteiger partial charge >= 0.3 is 0 Å². The SMILES string of the molecule is CCCCc1n(-c2ccccc2)cc[n+]1CCCC. The van der Waals surface area contributed by atoms with Crippen LogP contribution < -0.4 is 4.57 Å². The fourth-order valence-corrected chi connectivity index (χ4v) is 2.41. The largest absolute Gasteiger partial charge is 0.261 e. The van der Waals surface area contributed by atoms with E-state index in [2.05, 4.69) is 65.7 Å². The van der Waals surface area contributed by atoms with E-state index in [-0.39, 0.29) is 0 Å². The molecule has 0 aliphatic heterocycles. The maximum Gasteiger partial charge on any atom is 0.261 e. The highest BCUT2D eigenvalue weighted by Crippen LogP contribution is 2.11. The Morgan fingerprint density at radius 1 is 1.00 bits per heavy atom. The highest BCUT2D eigenvalue weighted by molar-refractivity contribution is 5.31. The molecular weight excluding hydrogens is 232 g/mol. The van der Waals surface area contributed by atoms with Gasteiger partial charge in [0.15, 0.2) is 0 Å². The molecule has 1 aromatic carbocycles. The molecule has 0 fully saturated rings. The lowest BCUT2D eigenvalue weighted by Gasteiger charge is -2.04. The summed E-state index contributed by atoms with van der Waals surface area (Å²) in [6.07, 6.45) is 10.6. The molecule has 1 heterocycles. The van der Waals surface area contributed by atoms with Crippen LogP contribution in [-0.4, -0.2) is 4.57 Å². The van der Waals surface area contributed by atoms with Crippen LogP contribution in [0.2, 0.25) is 0 Å². The van der Waals surface area contributed by atoms with Gasteiger partial charge in [-0.05, 0) is 25.0 Å². The van der Waals surface area contributed by atoms with Crippen molar-refractivity contribution < 1.29 is 4.57 Å². The maximum atomic E-state index is 2.42. The maximum absolute atomic E-state index is 2.42. The lowest BCUT2D eigenvalue weighted by atomic mass is 10.2. The van der Waals surface area contributed by atoms with Gasteiger partial charge in [0.25, 0.3) is 5.82 Å². The molecule has 19 heavy (non-hydrogen) atoms. The first-order valence-electron chi connectivity index (χ1n) is 7.52. The van der Waals surface area contributed by atoms with Gasteiger partial charge in [-0.15, -0.1) is 0 Å². The zero-order valence-electron chi connectivity index (χ0n) is 12.2. The molecule has 0 unspecified atom stereocenters. The summed E-state index contributed by atoms with van der Waals surface area (Å²) in [5, 5.41) is 0. The molecule has 2 aromatic rings. The highest BCUT2D eigenvalue weighted by atomic mass is 15.1. The quantitative estimate of drug-likeness (QED) is 0.665. The molecule has 0 aliphatic rings. The van der Waals surface area contributed by atoms with Gasteiger partial charge in [-0.2, -0.15) is 4.57 Å². The van der Waals surface area contributed by atoms with E-state index < -0.39 is 0 Å². The fraction of sp³-hybridized carbons (Fsp3) is 0.471. The zero-order chi connectivity index (χ0) is 13.5. The minimum Gasteiger partial charge on any atom is -0.234 e. The molecule has 2 heteroatoms. The Hall–Kier alpha value is -1.57. The van der Waals surface area contributed by atoms with E-state index in [1.54, 1.807) is 0 Å². The number of hydrogen-bond donors (Lipinski definition) is 0. The molecular formula is C17H25N2+. The molecule has 102 valence electrons. The number of para-hydroxylation sites is 1. The number of aryl methyl sites for hydroxylation is 1. The molecule has 0 saturated carbocycles. The molecule has 0 radical (unpaired) electrons. The van der Waals surface area contributed by atoms with Crippen molar-refractivity contribution in [3.63, 3.8) is 0 Å². The normalized spacial score (nSPS) is 10.8. The van der Waals surface area contributed by atoms with Gasteiger partial charge in [0.1, 0.15) is 18.1 Å². The molecule has 0 aliphatic carbocycles. The second-order valence-corrected chi connectivity index (χ2v) is 5.07. The Kier molecular flexibility index (Phi) is 5.20. The predicted octanol–water partition coefficient (Wildman–Crippen LogP) is 3.91. The third kappa shape index (κ3) is 3.46. The van der Waals surface area contributed by atoms with Crippen molar-refractivity contribution in [2.75, 3.05) is 0 Å². The number of unbranched alkanes of at least 4 members (excludes halogenated alkanes) is 2. The van der Waals surface area contributed by atoms with E-state index in [1.807, 2.05) is 0 Å². The van der Waals surface area contributed by atoms with Crippen molar-refractivity contribution in [3.05, 3.63) is 48.5 Å². The summed E-state index contributed by atoms with van der Waals surface area (Å²) in [5.41, 5.74) is 1.27. The van der Waals surface area contributed by atoms with Gasteiger partial charge < -0.3 is 0 Å². The Balaban J connectivity index is 2.29. The van der Waals surface area contributed by atoms with Crippen molar-refractivity contribution in [2.45, 2.75) is 52.5 Å². The van der Waals surface area contributed by atoms with Gasteiger partial charge in [0, 0.05) is 6.42 Å². The molecule has 0 N–H and O–H groups in total. The van der Waals surface area contributed by atoms with Crippen LogP contribution in [0.3, 0.4) is 0 Å². The average Bonchev–Trinajstić information content (AvgIpc) is 2.86. The summed E-state index contributed by atoms with van der Waals surface area (Å²) in [5.74, 6) is 1.43.